The fourth-order valence-corrected chi connectivity index (χ4v) is 5.13. The molecule has 0 radical (unpaired) electrons. The van der Waals surface area contributed by atoms with E-state index in [9.17, 15) is 18.4 Å². The molecule has 34 heavy (non-hydrogen) atoms. The number of sulfonamides is 1. The summed E-state index contributed by atoms with van der Waals surface area (Å²) in [5, 5.41) is 9.94. The molecule has 1 atom stereocenters. The van der Waals surface area contributed by atoms with E-state index >= 15 is 0 Å². The Hall–Kier alpha value is -2.91. The number of carbonyl (C=O) groups is 1. The molecular formula is C25H27ClN2O5S. The van der Waals surface area contributed by atoms with Crippen molar-refractivity contribution in [2.75, 3.05) is 6.61 Å². The zero-order valence-electron chi connectivity index (χ0n) is 18.7. The van der Waals surface area contributed by atoms with Gasteiger partial charge in [0.1, 0.15) is 11.8 Å². The number of hydrogen-bond acceptors (Lipinski definition) is 5. The van der Waals surface area contributed by atoms with Gasteiger partial charge in [-0.3, -0.25) is 10.0 Å². The van der Waals surface area contributed by atoms with Crippen molar-refractivity contribution >= 4 is 27.5 Å². The number of amides is 1. The molecule has 1 amide bonds. The van der Waals surface area contributed by atoms with E-state index in [1.807, 2.05) is 13.0 Å². The molecule has 0 spiro atoms. The Labute approximate surface area is 204 Å². The van der Waals surface area contributed by atoms with E-state index < -0.39 is 22.0 Å². The minimum absolute atomic E-state index is 0.00844. The lowest BCUT2D eigenvalue weighted by Crippen LogP contribution is -2.49. The molecular weight excluding hydrogens is 476 g/mol. The first-order chi connectivity index (χ1) is 16.3. The first-order valence-corrected chi connectivity index (χ1v) is 12.6. The molecule has 0 saturated heterocycles. The number of hydrogen-bond donors (Lipinski definition) is 2. The lowest BCUT2D eigenvalue weighted by Gasteiger charge is -2.30. The number of nitrogens with zero attached hydrogens (tertiary/aromatic N) is 1. The molecule has 3 rings (SSSR count). The quantitative estimate of drug-likeness (QED) is 0.298. The molecule has 3 aromatic carbocycles. The second-order valence-electron chi connectivity index (χ2n) is 7.68. The fourth-order valence-electron chi connectivity index (χ4n) is 3.43. The van der Waals surface area contributed by atoms with E-state index in [1.54, 1.807) is 66.1 Å². The van der Waals surface area contributed by atoms with E-state index in [0.29, 0.717) is 22.9 Å². The average Bonchev–Trinajstić information content (AvgIpc) is 2.86. The predicted molar refractivity (Wildman–Crippen MR) is 130 cm³/mol. The smallest absolute Gasteiger partial charge is 0.262 e. The van der Waals surface area contributed by atoms with Gasteiger partial charge >= 0.3 is 0 Å². The van der Waals surface area contributed by atoms with Crippen LogP contribution < -0.4 is 10.2 Å². The van der Waals surface area contributed by atoms with Gasteiger partial charge in [0.25, 0.3) is 5.91 Å². The highest BCUT2D eigenvalue weighted by atomic mass is 35.5. The summed E-state index contributed by atoms with van der Waals surface area (Å²) in [6.45, 7) is 2.40. The Kier molecular flexibility index (Phi) is 9.06. The fraction of sp³-hybridized carbons (Fsp3) is 0.240. The molecule has 0 unspecified atom stereocenters. The van der Waals surface area contributed by atoms with Crippen LogP contribution in [0.2, 0.25) is 5.02 Å². The average molecular weight is 503 g/mol. The lowest BCUT2D eigenvalue weighted by atomic mass is 10.0. The van der Waals surface area contributed by atoms with Gasteiger partial charge in [-0.25, -0.2) is 13.9 Å². The van der Waals surface area contributed by atoms with Gasteiger partial charge in [-0.05, 0) is 60.4 Å². The SMILES string of the molecule is CCCOc1ccc(S(=O)(=O)N(Cc2ccc(Cl)cc2)[C@H](Cc2ccccc2)C(=O)NO)cc1. The predicted octanol–water partition coefficient (Wildman–Crippen LogP) is 4.44. The van der Waals surface area contributed by atoms with Gasteiger partial charge in [-0.2, -0.15) is 4.31 Å². The van der Waals surface area contributed by atoms with Crippen molar-refractivity contribution in [1.29, 1.82) is 0 Å². The van der Waals surface area contributed by atoms with Crippen LogP contribution >= 0.6 is 11.6 Å². The third-order valence-electron chi connectivity index (χ3n) is 5.19. The summed E-state index contributed by atoms with van der Waals surface area (Å²) in [6.07, 6.45) is 0.893. The van der Waals surface area contributed by atoms with Crippen molar-refractivity contribution in [3.05, 3.63) is 95.0 Å². The number of rotatable bonds is 11. The van der Waals surface area contributed by atoms with Gasteiger partial charge in [0, 0.05) is 11.6 Å². The molecule has 0 aromatic heterocycles. The van der Waals surface area contributed by atoms with Gasteiger partial charge in [-0.1, -0.05) is 61.0 Å². The topological polar surface area (TPSA) is 95.9 Å². The van der Waals surface area contributed by atoms with Crippen molar-refractivity contribution in [3.8, 4) is 5.75 Å². The van der Waals surface area contributed by atoms with Crippen LogP contribution in [0.4, 0.5) is 0 Å². The Balaban J connectivity index is 2.03. The largest absolute Gasteiger partial charge is 0.494 e. The summed E-state index contributed by atoms with van der Waals surface area (Å²) < 4.78 is 34.2. The normalized spacial score (nSPS) is 12.4. The number of nitrogens with one attached hydrogen (secondary N) is 1. The van der Waals surface area contributed by atoms with Crippen LogP contribution in [0.5, 0.6) is 5.75 Å². The molecule has 2 N–H and O–H groups in total. The van der Waals surface area contributed by atoms with Gasteiger partial charge in [-0.15, -0.1) is 0 Å². The van der Waals surface area contributed by atoms with Crippen LogP contribution in [0, 0.1) is 0 Å². The Morgan fingerprint density at radius 2 is 1.65 bits per heavy atom. The molecule has 0 aliphatic heterocycles. The van der Waals surface area contributed by atoms with E-state index in [1.165, 1.54) is 12.1 Å². The molecule has 0 aliphatic carbocycles. The second kappa shape index (κ2) is 12.0. The number of ether oxygens (including phenoxy) is 1. The molecule has 0 saturated carbocycles. The molecule has 0 aliphatic rings. The monoisotopic (exact) mass is 502 g/mol. The van der Waals surface area contributed by atoms with Crippen LogP contribution in [-0.4, -0.2) is 36.5 Å². The van der Waals surface area contributed by atoms with Crippen molar-refractivity contribution < 1.29 is 23.2 Å². The Morgan fingerprint density at radius 3 is 2.24 bits per heavy atom. The maximum atomic E-state index is 13.8. The van der Waals surface area contributed by atoms with Crippen LogP contribution in [0.15, 0.2) is 83.8 Å². The minimum atomic E-state index is -4.15. The maximum Gasteiger partial charge on any atom is 0.262 e. The Bertz CT molecular complexity index is 1170. The number of halogens is 1. The van der Waals surface area contributed by atoms with Crippen LogP contribution in [0.25, 0.3) is 0 Å². The van der Waals surface area contributed by atoms with Gasteiger partial charge in [0.2, 0.25) is 10.0 Å². The summed E-state index contributed by atoms with van der Waals surface area (Å²) in [7, 11) is -4.15. The lowest BCUT2D eigenvalue weighted by molar-refractivity contribution is -0.133. The second-order valence-corrected chi connectivity index (χ2v) is 10.0. The number of hydroxylamine groups is 1. The first-order valence-electron chi connectivity index (χ1n) is 10.8. The number of carbonyl (C=O) groups excluding carboxylic acids is 1. The molecule has 3 aromatic rings. The zero-order valence-corrected chi connectivity index (χ0v) is 20.3. The molecule has 0 heterocycles. The van der Waals surface area contributed by atoms with Crippen LogP contribution in [0.3, 0.4) is 0 Å². The molecule has 9 heteroatoms. The van der Waals surface area contributed by atoms with E-state index in [4.69, 9.17) is 16.3 Å². The third kappa shape index (κ3) is 6.57. The van der Waals surface area contributed by atoms with Gasteiger partial charge in [0.15, 0.2) is 0 Å². The summed E-state index contributed by atoms with van der Waals surface area (Å²) >= 11 is 5.99. The van der Waals surface area contributed by atoms with Gasteiger partial charge in [0.05, 0.1) is 11.5 Å². The highest BCUT2D eigenvalue weighted by Crippen LogP contribution is 2.26. The highest BCUT2D eigenvalue weighted by Gasteiger charge is 2.36. The van der Waals surface area contributed by atoms with Crippen LogP contribution in [0.1, 0.15) is 24.5 Å². The Morgan fingerprint density at radius 1 is 1.00 bits per heavy atom. The van der Waals surface area contributed by atoms with Crippen LogP contribution in [-0.2, 0) is 27.8 Å². The minimum Gasteiger partial charge on any atom is -0.494 e. The van der Waals surface area contributed by atoms with Gasteiger partial charge < -0.3 is 4.74 Å². The first kappa shape index (κ1) is 25.7. The zero-order chi connectivity index (χ0) is 24.6. The number of benzene rings is 3. The highest BCUT2D eigenvalue weighted by molar-refractivity contribution is 7.89. The maximum absolute atomic E-state index is 13.8. The standard InChI is InChI=1S/C25H27ClN2O5S/c1-2-16-33-22-12-14-23(15-13-22)34(31,32)28(18-20-8-10-21(26)11-9-20)24(25(29)27-30)17-19-6-4-3-5-7-19/h3-15,24,30H,2,16-18H2,1H3,(H,27,29)/t24-/m1/s1. The van der Waals surface area contributed by atoms with Crippen molar-refractivity contribution in [2.45, 2.75) is 37.2 Å². The van der Waals surface area contributed by atoms with Crippen molar-refractivity contribution in [1.82, 2.24) is 9.79 Å². The molecule has 7 nitrogen and oxygen atoms in total. The van der Waals surface area contributed by atoms with E-state index in [2.05, 4.69) is 0 Å². The van der Waals surface area contributed by atoms with E-state index in [-0.39, 0.29) is 17.9 Å². The summed E-state index contributed by atoms with van der Waals surface area (Å²) in [5.74, 6) is -0.275. The summed E-state index contributed by atoms with van der Waals surface area (Å²) in [5.41, 5.74) is 3.01. The van der Waals surface area contributed by atoms with Crippen molar-refractivity contribution in [2.24, 2.45) is 0 Å². The summed E-state index contributed by atoms with van der Waals surface area (Å²) in [4.78, 5) is 12.8. The molecule has 0 bridgehead atoms. The summed E-state index contributed by atoms with van der Waals surface area (Å²) in [6, 6.07) is 20.6. The van der Waals surface area contributed by atoms with E-state index in [0.717, 1.165) is 16.3 Å². The third-order valence-corrected chi connectivity index (χ3v) is 7.31. The molecule has 0 fully saturated rings. The van der Waals surface area contributed by atoms with Crippen molar-refractivity contribution in [3.63, 3.8) is 0 Å². The molecule has 180 valence electrons.